The second-order valence-corrected chi connectivity index (χ2v) is 10.9. The van der Waals surface area contributed by atoms with Crippen LogP contribution in [0.4, 0.5) is 0 Å². The molecule has 0 spiro atoms. The van der Waals surface area contributed by atoms with Crippen LogP contribution in [-0.2, 0) is 4.79 Å². The van der Waals surface area contributed by atoms with E-state index in [0.717, 1.165) is 55.5 Å². The van der Waals surface area contributed by atoms with E-state index in [9.17, 15) is 15.0 Å². The fourth-order valence-corrected chi connectivity index (χ4v) is 6.92. The fraction of sp³-hybridized carbons (Fsp3) is 0.654. The van der Waals surface area contributed by atoms with Gasteiger partial charge in [-0.1, -0.05) is 49.7 Å². The van der Waals surface area contributed by atoms with Gasteiger partial charge < -0.3 is 10.2 Å². The summed E-state index contributed by atoms with van der Waals surface area (Å²) in [5.74, 6) is 0.961. The van der Waals surface area contributed by atoms with Gasteiger partial charge in [0.2, 0.25) is 0 Å². The highest BCUT2D eigenvalue weighted by atomic mass is 35.5. The molecule has 164 valence electrons. The highest BCUT2D eigenvalue weighted by Gasteiger charge is 2.58. The zero-order valence-electron chi connectivity index (χ0n) is 18.2. The minimum absolute atomic E-state index is 0.0179. The van der Waals surface area contributed by atoms with Crippen LogP contribution in [0.15, 0.2) is 30.3 Å². The van der Waals surface area contributed by atoms with Crippen LogP contribution >= 0.6 is 11.6 Å². The van der Waals surface area contributed by atoms with Crippen LogP contribution in [0.1, 0.15) is 70.8 Å². The van der Waals surface area contributed by atoms with Crippen molar-refractivity contribution >= 4 is 23.5 Å². The van der Waals surface area contributed by atoms with Crippen molar-refractivity contribution in [2.75, 3.05) is 0 Å². The molecule has 4 rings (SSSR count). The van der Waals surface area contributed by atoms with E-state index in [-0.39, 0.29) is 28.8 Å². The van der Waals surface area contributed by atoms with Crippen LogP contribution in [0.3, 0.4) is 0 Å². The lowest BCUT2D eigenvalue weighted by Gasteiger charge is -2.54. The molecular formula is C26H35ClO3. The number of benzene rings is 1. The Bertz CT molecular complexity index is 803. The lowest BCUT2D eigenvalue weighted by Crippen LogP contribution is -2.53. The fourth-order valence-electron chi connectivity index (χ4n) is 6.79. The summed E-state index contributed by atoms with van der Waals surface area (Å²) in [6.07, 6.45) is 10.3. The van der Waals surface area contributed by atoms with Crippen molar-refractivity contribution < 1.29 is 15.0 Å². The lowest BCUT2D eigenvalue weighted by molar-refractivity contribution is -0.144. The van der Waals surface area contributed by atoms with Crippen molar-refractivity contribution in [3.63, 3.8) is 0 Å². The number of aliphatic hydroxyl groups is 2. The molecule has 3 aliphatic rings. The van der Waals surface area contributed by atoms with E-state index in [1.807, 2.05) is 24.3 Å². The van der Waals surface area contributed by atoms with Gasteiger partial charge in [0.05, 0.1) is 12.2 Å². The molecule has 3 aliphatic carbocycles. The highest BCUT2D eigenvalue weighted by Crippen LogP contribution is 2.59. The van der Waals surface area contributed by atoms with Crippen LogP contribution in [0.25, 0.3) is 6.08 Å². The molecule has 0 saturated heterocycles. The van der Waals surface area contributed by atoms with Crippen molar-refractivity contribution in [2.45, 2.75) is 77.4 Å². The summed E-state index contributed by atoms with van der Waals surface area (Å²) in [4.78, 5) is 12.5. The molecule has 1 aromatic carbocycles. The Labute approximate surface area is 185 Å². The predicted molar refractivity (Wildman–Crippen MR) is 121 cm³/mol. The van der Waals surface area contributed by atoms with E-state index in [1.54, 1.807) is 0 Å². The SMILES string of the molecule is C[C@]12CCC([C@@]3(C)CC[C@H](O)C[C@@H]3C/C=C\c3ccc(Cl)cc3)[C@@H](O)C1CCC2=O. The van der Waals surface area contributed by atoms with Crippen molar-refractivity contribution in [3.05, 3.63) is 40.9 Å². The molecule has 0 aliphatic heterocycles. The van der Waals surface area contributed by atoms with Gasteiger partial charge in [-0.15, -0.1) is 0 Å². The number of rotatable bonds is 4. The molecule has 4 heteroatoms. The molecule has 3 nitrogen and oxygen atoms in total. The number of hydrogen-bond acceptors (Lipinski definition) is 3. The third-order valence-corrected chi connectivity index (χ3v) is 9.14. The van der Waals surface area contributed by atoms with Gasteiger partial charge in [0.1, 0.15) is 5.78 Å². The van der Waals surface area contributed by atoms with Gasteiger partial charge in [-0.3, -0.25) is 4.79 Å². The predicted octanol–water partition coefficient (Wildman–Crippen LogP) is 5.67. The standard InChI is InChI=1S/C26H35ClO3/c1-25(22-13-15-26(2)21(24(22)30)10-11-23(26)29)14-12-20(28)16-18(25)5-3-4-17-6-8-19(27)9-7-17/h3-4,6-9,18,20-22,24,28,30H,5,10-16H2,1-2H3/b4-3-/t18-,20-,21?,22?,24-,25-,26-/m0/s1. The Morgan fingerprint density at radius 2 is 1.80 bits per heavy atom. The van der Waals surface area contributed by atoms with Crippen LogP contribution in [-0.4, -0.2) is 28.2 Å². The van der Waals surface area contributed by atoms with Gasteiger partial charge in [0.25, 0.3) is 0 Å². The number of halogens is 1. The molecular weight excluding hydrogens is 396 g/mol. The summed E-state index contributed by atoms with van der Waals surface area (Å²) in [5.41, 5.74) is 0.774. The van der Waals surface area contributed by atoms with Crippen LogP contribution < -0.4 is 0 Å². The molecule has 0 amide bonds. The minimum Gasteiger partial charge on any atom is -0.393 e. The third-order valence-electron chi connectivity index (χ3n) is 8.89. The Kier molecular flexibility index (Phi) is 6.18. The van der Waals surface area contributed by atoms with Crippen molar-refractivity contribution in [2.24, 2.45) is 28.6 Å². The third kappa shape index (κ3) is 3.89. The Morgan fingerprint density at radius 1 is 1.07 bits per heavy atom. The molecule has 1 aromatic rings. The second-order valence-electron chi connectivity index (χ2n) is 10.4. The largest absolute Gasteiger partial charge is 0.393 e. The van der Waals surface area contributed by atoms with Gasteiger partial charge in [-0.05, 0) is 85.8 Å². The maximum absolute atomic E-state index is 12.5. The minimum atomic E-state index is -0.418. The maximum atomic E-state index is 12.5. The van der Waals surface area contributed by atoms with E-state index < -0.39 is 6.10 Å². The molecule has 2 unspecified atom stereocenters. The number of ketones is 1. The normalized spacial score (nSPS) is 41.9. The summed E-state index contributed by atoms with van der Waals surface area (Å²) >= 11 is 5.98. The zero-order chi connectivity index (χ0) is 21.5. The smallest absolute Gasteiger partial charge is 0.139 e. The van der Waals surface area contributed by atoms with Crippen molar-refractivity contribution in [1.29, 1.82) is 0 Å². The monoisotopic (exact) mass is 430 g/mol. The van der Waals surface area contributed by atoms with Gasteiger partial charge in [0, 0.05) is 16.9 Å². The molecule has 0 aromatic heterocycles. The molecule has 30 heavy (non-hydrogen) atoms. The summed E-state index contributed by atoms with van der Waals surface area (Å²) in [5, 5.41) is 22.5. The second kappa shape index (κ2) is 8.41. The van der Waals surface area contributed by atoms with Crippen molar-refractivity contribution in [1.82, 2.24) is 0 Å². The number of fused-ring (bicyclic) bond motifs is 1. The molecule has 0 bridgehead atoms. The number of Topliss-reactive ketones (excluding diaryl/α,β-unsaturated/α-hetero) is 1. The average molecular weight is 431 g/mol. The van der Waals surface area contributed by atoms with Crippen LogP contribution in [0.2, 0.25) is 5.02 Å². The number of allylic oxidation sites excluding steroid dienone is 1. The maximum Gasteiger partial charge on any atom is 0.139 e. The van der Waals surface area contributed by atoms with Crippen LogP contribution in [0, 0.1) is 28.6 Å². The van der Waals surface area contributed by atoms with Gasteiger partial charge >= 0.3 is 0 Å². The van der Waals surface area contributed by atoms with E-state index in [0.29, 0.717) is 18.1 Å². The van der Waals surface area contributed by atoms with E-state index in [2.05, 4.69) is 26.0 Å². The summed E-state index contributed by atoms with van der Waals surface area (Å²) in [6.45, 7) is 4.40. The molecule has 3 fully saturated rings. The van der Waals surface area contributed by atoms with Gasteiger partial charge in [0.15, 0.2) is 0 Å². The molecule has 0 heterocycles. The molecule has 7 atom stereocenters. The lowest BCUT2D eigenvalue weighted by atomic mass is 9.51. The van der Waals surface area contributed by atoms with Crippen molar-refractivity contribution in [3.8, 4) is 0 Å². The van der Waals surface area contributed by atoms with Crippen LogP contribution in [0.5, 0.6) is 0 Å². The number of carbonyl (C=O) groups is 1. The Morgan fingerprint density at radius 3 is 2.53 bits per heavy atom. The summed E-state index contributed by atoms with van der Waals surface area (Å²) < 4.78 is 0. The summed E-state index contributed by atoms with van der Waals surface area (Å²) in [7, 11) is 0. The Balaban J connectivity index is 1.52. The molecule has 0 radical (unpaired) electrons. The number of carbonyl (C=O) groups excluding carboxylic acids is 1. The summed E-state index contributed by atoms with van der Waals surface area (Å²) in [6, 6.07) is 7.81. The first kappa shape index (κ1) is 22.0. The van der Waals surface area contributed by atoms with E-state index >= 15 is 0 Å². The first-order chi connectivity index (χ1) is 14.2. The topological polar surface area (TPSA) is 57.5 Å². The van der Waals surface area contributed by atoms with Gasteiger partial charge in [-0.25, -0.2) is 0 Å². The van der Waals surface area contributed by atoms with Gasteiger partial charge in [-0.2, -0.15) is 0 Å². The highest BCUT2D eigenvalue weighted by molar-refractivity contribution is 6.30. The average Bonchev–Trinajstić information content (AvgIpc) is 3.02. The van der Waals surface area contributed by atoms with E-state index in [1.165, 1.54) is 0 Å². The molecule has 3 saturated carbocycles. The van der Waals surface area contributed by atoms with E-state index in [4.69, 9.17) is 11.6 Å². The zero-order valence-corrected chi connectivity index (χ0v) is 18.9. The Hall–Kier alpha value is -1.16. The number of aliphatic hydroxyl groups excluding tert-OH is 2. The first-order valence-corrected chi connectivity index (χ1v) is 11.9. The number of hydrogen-bond donors (Lipinski definition) is 2. The quantitative estimate of drug-likeness (QED) is 0.647. The molecule has 2 N–H and O–H groups in total. The first-order valence-electron chi connectivity index (χ1n) is 11.6.